The molecule has 0 aliphatic rings. The summed E-state index contributed by atoms with van der Waals surface area (Å²) in [6.07, 6.45) is 1.57. The Morgan fingerprint density at radius 3 is 2.72 bits per heavy atom. The Hall–Kier alpha value is -1.20. The average Bonchev–Trinajstić information content (AvgIpc) is 2.89. The van der Waals surface area contributed by atoms with Crippen molar-refractivity contribution in [3.63, 3.8) is 0 Å². The van der Waals surface area contributed by atoms with Crippen molar-refractivity contribution in [3.05, 3.63) is 40.9 Å². The molecule has 0 radical (unpaired) electrons. The molecule has 0 atom stereocenters. The molecule has 0 saturated heterocycles. The monoisotopic (exact) mass is 325 g/mol. The number of carbonyl (C=O) groups is 1. The Balaban J connectivity index is 2.20. The van der Waals surface area contributed by atoms with Gasteiger partial charge in [-0.1, -0.05) is 40.2 Å². The zero-order valence-electron chi connectivity index (χ0n) is 9.85. The maximum Gasteiger partial charge on any atom is 0.349 e. The van der Waals surface area contributed by atoms with E-state index in [-0.39, 0.29) is 5.97 Å². The molecule has 0 unspecified atom stereocenters. The van der Waals surface area contributed by atoms with Gasteiger partial charge in [0.1, 0.15) is 9.88 Å². The highest BCUT2D eigenvalue weighted by Gasteiger charge is 2.12. The van der Waals surface area contributed by atoms with Crippen molar-refractivity contribution >= 4 is 33.2 Å². The zero-order chi connectivity index (χ0) is 13.0. The summed E-state index contributed by atoms with van der Waals surface area (Å²) in [4.78, 5) is 16.3. The van der Waals surface area contributed by atoms with Gasteiger partial charge < -0.3 is 4.74 Å². The molecule has 3 nitrogen and oxygen atoms in total. The Morgan fingerprint density at radius 1 is 1.39 bits per heavy atom. The lowest BCUT2D eigenvalue weighted by Gasteiger charge is -1.98. The van der Waals surface area contributed by atoms with Gasteiger partial charge in [0, 0.05) is 10.9 Å². The summed E-state index contributed by atoms with van der Waals surface area (Å²) < 4.78 is 4.94. The molecule has 0 bridgehead atoms. The van der Waals surface area contributed by atoms with Gasteiger partial charge in [-0.25, -0.2) is 9.78 Å². The Morgan fingerprint density at radius 2 is 2.11 bits per heavy atom. The second kappa shape index (κ2) is 6.11. The molecule has 1 aromatic heterocycles. The van der Waals surface area contributed by atoms with Crippen LogP contribution in [0.25, 0.3) is 10.6 Å². The molecule has 18 heavy (non-hydrogen) atoms. The van der Waals surface area contributed by atoms with E-state index in [2.05, 4.69) is 20.9 Å². The van der Waals surface area contributed by atoms with Crippen LogP contribution in [-0.4, -0.2) is 17.6 Å². The van der Waals surface area contributed by atoms with Gasteiger partial charge in [-0.3, -0.25) is 0 Å². The highest BCUT2D eigenvalue weighted by Crippen LogP contribution is 2.26. The summed E-state index contributed by atoms with van der Waals surface area (Å²) >= 11 is 4.75. The van der Waals surface area contributed by atoms with Gasteiger partial charge in [0.15, 0.2) is 0 Å². The second-order valence-corrected chi connectivity index (χ2v) is 5.17. The average molecular weight is 326 g/mol. The van der Waals surface area contributed by atoms with Gasteiger partial charge >= 0.3 is 5.97 Å². The molecule has 0 saturated carbocycles. The third-order valence-corrected chi connectivity index (χ3v) is 4.01. The molecule has 2 rings (SSSR count). The first-order valence-electron chi connectivity index (χ1n) is 5.52. The van der Waals surface area contributed by atoms with Crippen molar-refractivity contribution in [1.29, 1.82) is 0 Å². The van der Waals surface area contributed by atoms with E-state index in [1.54, 1.807) is 13.1 Å². The summed E-state index contributed by atoms with van der Waals surface area (Å²) in [6, 6.07) is 8.08. The summed E-state index contributed by atoms with van der Waals surface area (Å²) in [6.45, 7) is 2.17. The van der Waals surface area contributed by atoms with Crippen molar-refractivity contribution in [2.75, 3.05) is 6.61 Å². The lowest BCUT2D eigenvalue weighted by Crippen LogP contribution is -2.01. The van der Waals surface area contributed by atoms with E-state index in [9.17, 15) is 4.79 Å². The van der Waals surface area contributed by atoms with E-state index in [4.69, 9.17) is 4.74 Å². The topological polar surface area (TPSA) is 39.2 Å². The molecule has 94 valence electrons. The zero-order valence-corrected chi connectivity index (χ0v) is 12.3. The second-order valence-electron chi connectivity index (χ2n) is 3.58. The van der Waals surface area contributed by atoms with Crippen LogP contribution < -0.4 is 0 Å². The Bertz CT molecular complexity index is 536. The van der Waals surface area contributed by atoms with Crippen LogP contribution in [0.3, 0.4) is 0 Å². The summed E-state index contributed by atoms with van der Waals surface area (Å²) in [5, 5.41) is 1.67. The first kappa shape index (κ1) is 13.2. The highest BCUT2D eigenvalue weighted by atomic mass is 79.9. The van der Waals surface area contributed by atoms with Gasteiger partial charge in [0.2, 0.25) is 0 Å². The number of hydrogen-bond donors (Lipinski definition) is 0. The lowest BCUT2D eigenvalue weighted by atomic mass is 10.2. The minimum absolute atomic E-state index is 0.307. The van der Waals surface area contributed by atoms with Crippen LogP contribution in [0.15, 0.2) is 30.5 Å². The Labute approximate surface area is 118 Å². The van der Waals surface area contributed by atoms with Gasteiger partial charge in [0.25, 0.3) is 0 Å². The number of rotatable bonds is 4. The summed E-state index contributed by atoms with van der Waals surface area (Å²) in [7, 11) is 0. The van der Waals surface area contributed by atoms with Crippen LogP contribution >= 0.6 is 27.3 Å². The number of nitrogens with zero attached hydrogens (tertiary/aromatic N) is 1. The molecule has 0 N–H and O–H groups in total. The normalized spacial score (nSPS) is 10.3. The van der Waals surface area contributed by atoms with E-state index < -0.39 is 0 Å². The maximum atomic E-state index is 11.5. The number of hydrogen-bond acceptors (Lipinski definition) is 4. The molecular weight excluding hydrogens is 314 g/mol. The molecule has 1 heterocycles. The number of alkyl halides is 1. The first-order chi connectivity index (χ1) is 8.74. The van der Waals surface area contributed by atoms with E-state index in [1.165, 1.54) is 16.9 Å². The fourth-order valence-electron chi connectivity index (χ4n) is 1.44. The van der Waals surface area contributed by atoms with Gasteiger partial charge in [-0.05, 0) is 12.5 Å². The van der Waals surface area contributed by atoms with E-state index in [0.29, 0.717) is 11.5 Å². The van der Waals surface area contributed by atoms with Gasteiger partial charge in [0.05, 0.1) is 12.8 Å². The lowest BCUT2D eigenvalue weighted by molar-refractivity contribution is 0.0532. The summed E-state index contributed by atoms with van der Waals surface area (Å²) in [5.74, 6) is -0.307. The number of halogens is 1. The summed E-state index contributed by atoms with van der Waals surface area (Å²) in [5.41, 5.74) is 2.22. The molecule has 5 heteroatoms. The predicted octanol–water partition coefficient (Wildman–Crippen LogP) is 3.88. The van der Waals surface area contributed by atoms with Crippen LogP contribution in [0, 0.1) is 0 Å². The van der Waals surface area contributed by atoms with Crippen LogP contribution in [0.2, 0.25) is 0 Å². The van der Waals surface area contributed by atoms with Crippen molar-refractivity contribution in [3.8, 4) is 10.6 Å². The van der Waals surface area contributed by atoms with Crippen molar-refractivity contribution in [2.45, 2.75) is 12.3 Å². The van der Waals surface area contributed by atoms with E-state index in [1.807, 2.05) is 24.3 Å². The SMILES string of the molecule is CCOC(=O)c1cnc(-c2ccc(CBr)cc2)s1. The molecular formula is C13H12BrNO2S. The molecule has 1 aromatic carbocycles. The number of benzene rings is 1. The minimum Gasteiger partial charge on any atom is -0.462 e. The fourth-order valence-corrected chi connectivity index (χ4v) is 2.63. The fraction of sp³-hybridized carbons (Fsp3) is 0.231. The quantitative estimate of drug-likeness (QED) is 0.632. The molecule has 0 spiro atoms. The first-order valence-corrected chi connectivity index (χ1v) is 7.46. The molecule has 0 aliphatic carbocycles. The molecule has 2 aromatic rings. The third kappa shape index (κ3) is 2.97. The van der Waals surface area contributed by atoms with Crippen molar-refractivity contribution < 1.29 is 9.53 Å². The van der Waals surface area contributed by atoms with Gasteiger partial charge in [-0.2, -0.15) is 0 Å². The van der Waals surface area contributed by atoms with E-state index >= 15 is 0 Å². The van der Waals surface area contributed by atoms with Crippen LogP contribution in [0.4, 0.5) is 0 Å². The number of esters is 1. The Kier molecular flexibility index (Phi) is 4.49. The van der Waals surface area contributed by atoms with Gasteiger partial charge in [-0.15, -0.1) is 11.3 Å². The van der Waals surface area contributed by atoms with Crippen molar-refractivity contribution in [2.24, 2.45) is 0 Å². The molecule has 0 amide bonds. The predicted molar refractivity (Wildman–Crippen MR) is 76.1 cm³/mol. The number of aromatic nitrogens is 1. The number of carbonyl (C=O) groups excluding carboxylic acids is 1. The molecule has 0 fully saturated rings. The van der Waals surface area contributed by atoms with Crippen molar-refractivity contribution in [1.82, 2.24) is 4.98 Å². The van der Waals surface area contributed by atoms with E-state index in [0.717, 1.165) is 15.9 Å². The standard InChI is InChI=1S/C13H12BrNO2S/c1-2-17-13(16)11-8-15-12(18-11)10-5-3-9(7-14)4-6-10/h3-6,8H,2,7H2,1H3. The van der Waals surface area contributed by atoms with Crippen LogP contribution in [0.1, 0.15) is 22.2 Å². The molecule has 0 aliphatic heterocycles. The number of thiazole rings is 1. The highest BCUT2D eigenvalue weighted by molar-refractivity contribution is 9.08. The minimum atomic E-state index is -0.307. The van der Waals surface area contributed by atoms with Crippen LogP contribution in [0.5, 0.6) is 0 Å². The third-order valence-electron chi connectivity index (χ3n) is 2.34. The van der Waals surface area contributed by atoms with Crippen LogP contribution in [-0.2, 0) is 10.1 Å². The maximum absolute atomic E-state index is 11.5. The smallest absolute Gasteiger partial charge is 0.349 e. The largest absolute Gasteiger partial charge is 0.462 e. The number of ether oxygens (including phenoxy) is 1.